The van der Waals surface area contributed by atoms with E-state index in [0.29, 0.717) is 6.54 Å². The highest BCUT2D eigenvalue weighted by Gasteiger charge is 2.21. The smallest absolute Gasteiger partial charge is 0.219 e. The molecule has 0 unspecified atom stereocenters. The fourth-order valence-electron chi connectivity index (χ4n) is 2.54. The van der Waals surface area contributed by atoms with E-state index in [4.69, 9.17) is 9.52 Å². The second-order valence-electron chi connectivity index (χ2n) is 5.47. The third-order valence-electron chi connectivity index (χ3n) is 3.93. The maximum atomic E-state index is 11.4. The minimum Gasteiger partial charge on any atom is -0.361 e. The summed E-state index contributed by atoms with van der Waals surface area (Å²) in [6.07, 6.45) is 0. The van der Waals surface area contributed by atoms with Gasteiger partial charge in [-0.1, -0.05) is 5.16 Å². The molecule has 1 fully saturated rings. The van der Waals surface area contributed by atoms with Crippen molar-refractivity contribution in [3.63, 3.8) is 0 Å². The summed E-state index contributed by atoms with van der Waals surface area (Å²) in [6.45, 7) is 12.0. The first kappa shape index (κ1) is 19.7. The van der Waals surface area contributed by atoms with Crippen LogP contribution in [0.2, 0.25) is 0 Å². The number of nitrogens with one attached hydrogen (secondary N) is 1. The van der Waals surface area contributed by atoms with Crippen molar-refractivity contribution in [3.8, 4) is 0 Å². The fraction of sp³-hybridized carbons (Fsp3) is 0.667. The van der Waals surface area contributed by atoms with Gasteiger partial charge in [0, 0.05) is 45.2 Å². The first-order valence-corrected chi connectivity index (χ1v) is 7.73. The van der Waals surface area contributed by atoms with Gasteiger partial charge in [0.05, 0.1) is 12.2 Å². The van der Waals surface area contributed by atoms with Gasteiger partial charge < -0.3 is 19.6 Å². The van der Waals surface area contributed by atoms with E-state index >= 15 is 0 Å². The molecule has 0 aliphatic carbocycles. The number of guanidine groups is 1. The zero-order valence-corrected chi connectivity index (χ0v) is 16.6. The number of aliphatic imine (C=N–C) groups is 1. The molecule has 1 amide bonds. The van der Waals surface area contributed by atoms with Crippen LogP contribution in [0.3, 0.4) is 0 Å². The average Bonchev–Trinajstić information content (AvgIpc) is 2.83. The molecule has 1 aliphatic rings. The molecule has 8 heteroatoms. The molecule has 0 radical (unpaired) electrons. The van der Waals surface area contributed by atoms with Gasteiger partial charge in [-0.15, -0.1) is 24.0 Å². The number of piperazine rings is 1. The van der Waals surface area contributed by atoms with Crippen molar-refractivity contribution in [2.45, 2.75) is 34.2 Å². The zero-order chi connectivity index (χ0) is 16.1. The van der Waals surface area contributed by atoms with Crippen LogP contribution in [0.15, 0.2) is 9.52 Å². The molecule has 1 aliphatic heterocycles. The third kappa shape index (κ3) is 5.08. The molecule has 130 valence electrons. The summed E-state index contributed by atoms with van der Waals surface area (Å²) in [7, 11) is 0. The molecule has 23 heavy (non-hydrogen) atoms. The highest BCUT2D eigenvalue weighted by molar-refractivity contribution is 14.0. The summed E-state index contributed by atoms with van der Waals surface area (Å²) in [5.41, 5.74) is 1.93. The lowest BCUT2D eigenvalue weighted by atomic mass is 10.2. The Morgan fingerprint density at radius 3 is 2.35 bits per heavy atom. The van der Waals surface area contributed by atoms with Gasteiger partial charge in [-0.2, -0.15) is 0 Å². The SMILES string of the molecule is CCNC(=NCc1c(C)noc1C)N1CCN(C(C)=O)CC1.I. The largest absolute Gasteiger partial charge is 0.361 e. The Balaban J connectivity index is 0.00000264. The first-order valence-electron chi connectivity index (χ1n) is 7.73. The van der Waals surface area contributed by atoms with Crippen LogP contribution in [0.4, 0.5) is 0 Å². The number of carbonyl (C=O) groups excluding carboxylic acids is 1. The van der Waals surface area contributed by atoms with Crippen LogP contribution >= 0.6 is 24.0 Å². The molecule has 0 aromatic carbocycles. The van der Waals surface area contributed by atoms with Gasteiger partial charge in [-0.05, 0) is 20.8 Å². The van der Waals surface area contributed by atoms with E-state index in [1.54, 1.807) is 6.92 Å². The summed E-state index contributed by atoms with van der Waals surface area (Å²) < 4.78 is 5.18. The maximum Gasteiger partial charge on any atom is 0.219 e. The number of rotatable bonds is 3. The van der Waals surface area contributed by atoms with Crippen LogP contribution in [0.5, 0.6) is 0 Å². The normalized spacial score (nSPS) is 15.4. The highest BCUT2D eigenvalue weighted by Crippen LogP contribution is 2.13. The summed E-state index contributed by atoms with van der Waals surface area (Å²) in [5, 5.41) is 7.28. The van der Waals surface area contributed by atoms with Crippen LogP contribution in [-0.2, 0) is 11.3 Å². The quantitative estimate of drug-likeness (QED) is 0.443. The van der Waals surface area contributed by atoms with E-state index < -0.39 is 0 Å². The predicted octanol–water partition coefficient (Wildman–Crippen LogP) is 1.54. The van der Waals surface area contributed by atoms with Crippen LogP contribution < -0.4 is 5.32 Å². The molecule has 1 saturated heterocycles. The van der Waals surface area contributed by atoms with Crippen molar-refractivity contribution in [1.29, 1.82) is 0 Å². The van der Waals surface area contributed by atoms with E-state index in [1.807, 2.05) is 18.7 Å². The number of aromatic nitrogens is 1. The van der Waals surface area contributed by atoms with Crippen molar-refractivity contribution in [2.75, 3.05) is 32.7 Å². The first-order chi connectivity index (χ1) is 10.5. The van der Waals surface area contributed by atoms with Crippen LogP contribution in [0.1, 0.15) is 30.9 Å². The van der Waals surface area contributed by atoms with Gasteiger partial charge >= 0.3 is 0 Å². The Morgan fingerprint density at radius 2 is 1.87 bits per heavy atom. The lowest BCUT2D eigenvalue weighted by molar-refractivity contribution is -0.130. The second kappa shape index (κ2) is 9.09. The number of aryl methyl sites for hydroxylation is 2. The number of carbonyl (C=O) groups is 1. The van der Waals surface area contributed by atoms with E-state index in [2.05, 4.69) is 22.3 Å². The molecule has 1 aromatic heterocycles. The molecular formula is C15H26IN5O2. The lowest BCUT2D eigenvalue weighted by Gasteiger charge is -2.36. The number of amides is 1. The molecule has 0 spiro atoms. The van der Waals surface area contributed by atoms with Crippen molar-refractivity contribution < 1.29 is 9.32 Å². The molecule has 2 heterocycles. The van der Waals surface area contributed by atoms with E-state index in [9.17, 15) is 4.79 Å². The van der Waals surface area contributed by atoms with Crippen LogP contribution in [0.25, 0.3) is 0 Å². The van der Waals surface area contributed by atoms with E-state index in [-0.39, 0.29) is 29.9 Å². The molecule has 1 aromatic rings. The Hall–Kier alpha value is -1.32. The van der Waals surface area contributed by atoms with Gasteiger partial charge in [0.2, 0.25) is 5.91 Å². The Morgan fingerprint density at radius 1 is 1.26 bits per heavy atom. The van der Waals surface area contributed by atoms with Gasteiger partial charge in [-0.3, -0.25) is 4.79 Å². The monoisotopic (exact) mass is 435 g/mol. The average molecular weight is 435 g/mol. The molecule has 0 atom stereocenters. The van der Waals surface area contributed by atoms with Crippen molar-refractivity contribution in [2.24, 2.45) is 4.99 Å². The van der Waals surface area contributed by atoms with Crippen molar-refractivity contribution in [1.82, 2.24) is 20.3 Å². The topological polar surface area (TPSA) is 74.0 Å². The molecule has 7 nitrogen and oxygen atoms in total. The van der Waals surface area contributed by atoms with Crippen molar-refractivity contribution in [3.05, 3.63) is 17.0 Å². The summed E-state index contributed by atoms with van der Waals surface area (Å²) in [5.74, 6) is 1.83. The zero-order valence-electron chi connectivity index (χ0n) is 14.3. The van der Waals surface area contributed by atoms with Gasteiger partial charge in [-0.25, -0.2) is 4.99 Å². The standard InChI is InChI=1S/C15H25N5O2.HI/c1-5-16-15(17-10-14-11(2)18-22-12(14)3)20-8-6-19(7-9-20)13(4)21;/h5-10H2,1-4H3,(H,16,17);1H. The highest BCUT2D eigenvalue weighted by atomic mass is 127. The third-order valence-corrected chi connectivity index (χ3v) is 3.93. The molecular weight excluding hydrogens is 409 g/mol. The summed E-state index contributed by atoms with van der Waals surface area (Å²) >= 11 is 0. The Kier molecular flexibility index (Phi) is 7.80. The lowest BCUT2D eigenvalue weighted by Crippen LogP contribution is -2.53. The molecule has 2 rings (SSSR count). The van der Waals surface area contributed by atoms with Crippen LogP contribution in [0, 0.1) is 13.8 Å². The predicted molar refractivity (Wildman–Crippen MR) is 100 cm³/mol. The molecule has 0 bridgehead atoms. The van der Waals surface area contributed by atoms with Gasteiger partial charge in [0.1, 0.15) is 5.76 Å². The number of hydrogen-bond acceptors (Lipinski definition) is 4. The molecule has 1 N–H and O–H groups in total. The van der Waals surface area contributed by atoms with Gasteiger partial charge in [0.15, 0.2) is 5.96 Å². The van der Waals surface area contributed by atoms with Gasteiger partial charge in [0.25, 0.3) is 0 Å². The van der Waals surface area contributed by atoms with Crippen LogP contribution in [-0.4, -0.2) is 59.5 Å². The number of hydrogen-bond donors (Lipinski definition) is 1. The van der Waals surface area contributed by atoms with E-state index in [1.165, 1.54) is 0 Å². The fourth-order valence-corrected chi connectivity index (χ4v) is 2.54. The number of halogens is 1. The number of nitrogens with zero attached hydrogens (tertiary/aromatic N) is 4. The maximum absolute atomic E-state index is 11.4. The summed E-state index contributed by atoms with van der Waals surface area (Å²) in [6, 6.07) is 0. The minimum atomic E-state index is 0. The Labute approximate surface area is 154 Å². The van der Waals surface area contributed by atoms with E-state index in [0.717, 1.165) is 55.7 Å². The molecule has 0 saturated carbocycles. The second-order valence-corrected chi connectivity index (χ2v) is 5.47. The Bertz CT molecular complexity index is 531. The summed E-state index contributed by atoms with van der Waals surface area (Å²) in [4.78, 5) is 20.2. The minimum absolute atomic E-state index is 0. The van der Waals surface area contributed by atoms with Crippen molar-refractivity contribution >= 4 is 35.8 Å².